The topological polar surface area (TPSA) is 104 Å². The number of phenolic OH excluding ortho intramolecular Hbond substituents is 1. The molecule has 168 valence electrons. The van der Waals surface area contributed by atoms with Crippen LogP contribution in [0.2, 0.25) is 0 Å². The van der Waals surface area contributed by atoms with E-state index in [1.54, 1.807) is 30.5 Å². The molecule has 0 aliphatic carbocycles. The molecule has 2 aromatic heterocycles. The van der Waals surface area contributed by atoms with Gasteiger partial charge in [0.1, 0.15) is 23.4 Å². The van der Waals surface area contributed by atoms with Gasteiger partial charge in [-0.2, -0.15) is 0 Å². The Hall–Kier alpha value is -3.92. The zero-order valence-electron chi connectivity index (χ0n) is 17.2. The van der Waals surface area contributed by atoms with Crippen LogP contribution in [0, 0.1) is 11.6 Å². The highest BCUT2D eigenvalue weighted by Gasteiger charge is 2.27. The van der Waals surface area contributed by atoms with E-state index in [0.717, 1.165) is 17.0 Å². The Morgan fingerprint density at radius 2 is 1.94 bits per heavy atom. The van der Waals surface area contributed by atoms with E-state index < -0.39 is 30.1 Å². The number of nitrogens with zero attached hydrogens (tertiary/aromatic N) is 3. The average Bonchev–Trinajstić information content (AvgIpc) is 3.32. The van der Waals surface area contributed by atoms with Gasteiger partial charge in [-0.05, 0) is 42.6 Å². The van der Waals surface area contributed by atoms with Gasteiger partial charge in [0.25, 0.3) is 5.91 Å². The third kappa shape index (κ3) is 4.24. The summed E-state index contributed by atoms with van der Waals surface area (Å²) < 4.78 is 27.1. The van der Waals surface area contributed by atoms with Crippen molar-refractivity contribution in [2.24, 2.45) is 0 Å². The summed E-state index contributed by atoms with van der Waals surface area (Å²) in [5.41, 5.74) is 0.806. The number of carbonyl (C=O) groups is 2. The minimum Gasteiger partial charge on any atom is -0.506 e. The Morgan fingerprint density at radius 1 is 1.15 bits per heavy atom. The smallest absolute Gasteiger partial charge is 0.323 e. The van der Waals surface area contributed by atoms with Gasteiger partial charge in [0.15, 0.2) is 11.6 Å². The summed E-state index contributed by atoms with van der Waals surface area (Å²) in [6.45, 7) is 1.11. The van der Waals surface area contributed by atoms with Crippen molar-refractivity contribution < 1.29 is 28.6 Å². The van der Waals surface area contributed by atoms with Gasteiger partial charge in [-0.15, -0.1) is 11.3 Å². The first-order chi connectivity index (χ1) is 15.8. The van der Waals surface area contributed by atoms with Crippen molar-refractivity contribution in [1.82, 2.24) is 14.9 Å². The maximum atomic E-state index is 13.8. The monoisotopic (exact) mass is 469 g/mol. The SMILES string of the molecule is CCN(CC(=O)O)C(=O)c1c(O)c(-c2cccs2)cc2ncc(-c3ccc(F)c(F)c3)nc12. The Morgan fingerprint density at radius 3 is 2.58 bits per heavy atom. The molecule has 0 bridgehead atoms. The van der Waals surface area contributed by atoms with Crippen molar-refractivity contribution in [3.63, 3.8) is 0 Å². The number of thiophene rings is 1. The molecule has 10 heteroatoms. The van der Waals surface area contributed by atoms with Gasteiger partial charge in [0, 0.05) is 22.5 Å². The van der Waals surface area contributed by atoms with Crippen molar-refractivity contribution in [1.29, 1.82) is 0 Å². The quantitative estimate of drug-likeness (QED) is 0.429. The number of halogens is 2. The first-order valence-corrected chi connectivity index (χ1v) is 10.7. The number of hydrogen-bond acceptors (Lipinski definition) is 6. The van der Waals surface area contributed by atoms with Crippen LogP contribution >= 0.6 is 11.3 Å². The number of hydrogen-bond donors (Lipinski definition) is 2. The van der Waals surface area contributed by atoms with E-state index in [4.69, 9.17) is 0 Å². The minimum atomic E-state index is -1.21. The van der Waals surface area contributed by atoms with E-state index in [9.17, 15) is 28.6 Å². The number of aliphatic carboxylic acids is 1. The molecule has 0 aliphatic heterocycles. The summed E-state index contributed by atoms with van der Waals surface area (Å²) >= 11 is 1.34. The number of amides is 1. The largest absolute Gasteiger partial charge is 0.506 e. The summed E-state index contributed by atoms with van der Waals surface area (Å²) in [5.74, 6) is -4.40. The second kappa shape index (κ2) is 8.91. The van der Waals surface area contributed by atoms with Crippen molar-refractivity contribution in [3.05, 3.63) is 65.2 Å². The molecule has 2 heterocycles. The van der Waals surface area contributed by atoms with Gasteiger partial charge < -0.3 is 15.1 Å². The summed E-state index contributed by atoms with van der Waals surface area (Å²) in [6.07, 6.45) is 1.35. The van der Waals surface area contributed by atoms with Crippen LogP contribution in [0.15, 0.2) is 48.0 Å². The van der Waals surface area contributed by atoms with Crippen LogP contribution in [-0.4, -0.2) is 50.0 Å². The van der Waals surface area contributed by atoms with Gasteiger partial charge in [-0.1, -0.05) is 6.07 Å². The molecule has 0 saturated carbocycles. The number of aromatic nitrogens is 2. The molecule has 0 saturated heterocycles. The van der Waals surface area contributed by atoms with E-state index in [0.29, 0.717) is 10.4 Å². The van der Waals surface area contributed by atoms with E-state index >= 15 is 0 Å². The van der Waals surface area contributed by atoms with E-state index in [-0.39, 0.29) is 40.1 Å². The molecular formula is C23H17F2N3O4S. The molecule has 7 nitrogen and oxygen atoms in total. The number of carboxylic acids is 1. The molecule has 0 fully saturated rings. The van der Waals surface area contributed by atoms with Crippen molar-refractivity contribution in [2.45, 2.75) is 6.92 Å². The Labute approximate surface area is 190 Å². The summed E-state index contributed by atoms with van der Waals surface area (Å²) in [5, 5.41) is 22.1. The van der Waals surface area contributed by atoms with Crippen LogP contribution < -0.4 is 0 Å². The normalized spacial score (nSPS) is 11.0. The van der Waals surface area contributed by atoms with Crippen LogP contribution in [-0.2, 0) is 4.79 Å². The van der Waals surface area contributed by atoms with E-state index in [1.165, 1.54) is 23.6 Å². The first kappa shape index (κ1) is 22.3. The fraction of sp³-hybridized carbons (Fsp3) is 0.130. The highest BCUT2D eigenvalue weighted by molar-refractivity contribution is 7.13. The lowest BCUT2D eigenvalue weighted by Gasteiger charge is -2.21. The zero-order chi connectivity index (χ0) is 23.7. The molecule has 0 spiro atoms. The molecular weight excluding hydrogens is 452 g/mol. The van der Waals surface area contributed by atoms with E-state index in [1.807, 2.05) is 0 Å². The van der Waals surface area contributed by atoms with Crippen LogP contribution in [0.3, 0.4) is 0 Å². The van der Waals surface area contributed by atoms with Gasteiger partial charge in [0.05, 0.1) is 17.4 Å². The van der Waals surface area contributed by atoms with Crippen LogP contribution in [0.1, 0.15) is 17.3 Å². The van der Waals surface area contributed by atoms with Gasteiger partial charge >= 0.3 is 5.97 Å². The molecule has 2 N–H and O–H groups in total. The summed E-state index contributed by atoms with van der Waals surface area (Å²) in [4.78, 5) is 35.1. The maximum absolute atomic E-state index is 13.8. The second-order valence-electron chi connectivity index (χ2n) is 7.09. The third-order valence-electron chi connectivity index (χ3n) is 5.02. The fourth-order valence-electron chi connectivity index (χ4n) is 3.41. The zero-order valence-corrected chi connectivity index (χ0v) is 18.1. The third-order valence-corrected chi connectivity index (χ3v) is 5.92. The minimum absolute atomic E-state index is 0.0175. The lowest BCUT2D eigenvalue weighted by Crippen LogP contribution is -2.35. The number of carbonyl (C=O) groups excluding carboxylic acids is 1. The van der Waals surface area contributed by atoms with Crippen LogP contribution in [0.5, 0.6) is 5.75 Å². The molecule has 0 aliphatic rings. The molecule has 0 radical (unpaired) electrons. The van der Waals surface area contributed by atoms with Crippen molar-refractivity contribution in [3.8, 4) is 27.4 Å². The molecule has 1 amide bonds. The van der Waals surface area contributed by atoms with Gasteiger partial charge in [-0.25, -0.2) is 13.8 Å². The number of likely N-dealkylation sites (N-methyl/N-ethyl adjacent to an activating group) is 1. The lowest BCUT2D eigenvalue weighted by atomic mass is 10.0. The van der Waals surface area contributed by atoms with Gasteiger partial charge in [-0.3, -0.25) is 14.6 Å². The second-order valence-corrected chi connectivity index (χ2v) is 8.04. The first-order valence-electron chi connectivity index (χ1n) is 9.83. The van der Waals surface area contributed by atoms with Crippen molar-refractivity contribution in [2.75, 3.05) is 13.1 Å². The standard InChI is InChI=1S/C23H17F2N3O4S/c1-2-28(11-19(29)30)23(32)20-21-16(9-13(22(20)31)18-4-3-7-33-18)26-10-17(27-21)12-5-6-14(24)15(25)8-12/h3-10,31H,2,11H2,1H3,(H,29,30). The fourth-order valence-corrected chi connectivity index (χ4v) is 4.15. The van der Waals surface area contributed by atoms with Crippen LogP contribution in [0.4, 0.5) is 8.78 Å². The summed E-state index contributed by atoms with van der Waals surface area (Å²) in [7, 11) is 0. The maximum Gasteiger partial charge on any atom is 0.323 e. The molecule has 4 aromatic rings. The van der Waals surface area contributed by atoms with Gasteiger partial charge in [0.2, 0.25) is 0 Å². The highest BCUT2D eigenvalue weighted by atomic mass is 32.1. The number of aromatic hydroxyl groups is 1. The highest BCUT2D eigenvalue weighted by Crippen LogP contribution is 2.39. The Balaban J connectivity index is 1.97. The number of phenols is 1. The molecule has 0 atom stereocenters. The Kier molecular flexibility index (Phi) is 6.01. The number of rotatable bonds is 6. The predicted molar refractivity (Wildman–Crippen MR) is 119 cm³/mol. The number of benzene rings is 2. The Bertz CT molecular complexity index is 1380. The average molecular weight is 469 g/mol. The predicted octanol–water partition coefficient (Wildman–Crippen LogP) is 4.56. The number of carboxylic acid groups (broad SMARTS) is 1. The molecule has 33 heavy (non-hydrogen) atoms. The van der Waals surface area contributed by atoms with E-state index in [2.05, 4.69) is 9.97 Å². The molecule has 0 unspecified atom stereocenters. The number of fused-ring (bicyclic) bond motifs is 1. The summed E-state index contributed by atoms with van der Waals surface area (Å²) in [6, 6.07) is 8.34. The van der Waals surface area contributed by atoms with Crippen LogP contribution in [0.25, 0.3) is 32.7 Å². The lowest BCUT2D eigenvalue weighted by molar-refractivity contribution is -0.137. The van der Waals surface area contributed by atoms with Crippen molar-refractivity contribution >= 4 is 34.2 Å². The molecule has 2 aromatic carbocycles. The molecule has 4 rings (SSSR count).